The number of hydrogen-bond acceptors (Lipinski definition) is 4. The molecular weight excluding hydrogens is 218 g/mol. The Bertz CT molecular complexity index is 465. The van der Waals surface area contributed by atoms with Gasteiger partial charge in [-0.1, -0.05) is 24.3 Å². The van der Waals surface area contributed by atoms with Crippen molar-refractivity contribution in [3.63, 3.8) is 0 Å². The summed E-state index contributed by atoms with van der Waals surface area (Å²) >= 11 is 0. The molecular formula is C13H13NO3. The van der Waals surface area contributed by atoms with Crippen molar-refractivity contribution >= 4 is 0 Å². The second-order valence-corrected chi connectivity index (χ2v) is 3.45. The van der Waals surface area contributed by atoms with Gasteiger partial charge in [0.05, 0.1) is 7.11 Å². The van der Waals surface area contributed by atoms with Crippen molar-refractivity contribution in [1.29, 1.82) is 0 Å². The van der Waals surface area contributed by atoms with Crippen LogP contribution in [0.4, 0.5) is 0 Å². The van der Waals surface area contributed by atoms with Gasteiger partial charge in [0.15, 0.2) is 0 Å². The van der Waals surface area contributed by atoms with Crippen LogP contribution in [0.15, 0.2) is 48.5 Å². The molecule has 0 aliphatic rings. The monoisotopic (exact) mass is 231 g/mol. The molecule has 2 aromatic rings. The predicted molar refractivity (Wildman–Crippen MR) is 64.0 cm³/mol. The molecule has 2 N–H and O–H groups in total. The molecule has 0 saturated heterocycles. The van der Waals surface area contributed by atoms with Crippen LogP contribution in [0.1, 0.15) is 0 Å². The van der Waals surface area contributed by atoms with Gasteiger partial charge in [-0.3, -0.25) is 5.21 Å². The van der Waals surface area contributed by atoms with Crippen LogP contribution in [-0.4, -0.2) is 12.3 Å². The zero-order valence-electron chi connectivity index (χ0n) is 9.38. The maximum absolute atomic E-state index is 8.38. The number of hydrogen-bond donors (Lipinski definition) is 2. The fourth-order valence-corrected chi connectivity index (χ4v) is 1.55. The molecule has 0 atom stereocenters. The van der Waals surface area contributed by atoms with Gasteiger partial charge in [-0.25, -0.2) is 0 Å². The Morgan fingerprint density at radius 1 is 0.824 bits per heavy atom. The summed E-state index contributed by atoms with van der Waals surface area (Å²) in [7, 11) is 1.64. The summed E-state index contributed by atoms with van der Waals surface area (Å²) in [5.41, 5.74) is 3.80. The highest BCUT2D eigenvalue weighted by Gasteiger charge is 1.99. The molecule has 0 unspecified atom stereocenters. The van der Waals surface area contributed by atoms with E-state index in [1.165, 1.54) is 0 Å². The van der Waals surface area contributed by atoms with E-state index < -0.39 is 0 Å². The molecule has 17 heavy (non-hydrogen) atoms. The highest BCUT2D eigenvalue weighted by molar-refractivity contribution is 5.64. The summed E-state index contributed by atoms with van der Waals surface area (Å²) in [6, 6.07) is 15.1. The quantitative estimate of drug-likeness (QED) is 0.794. The number of benzene rings is 2. The van der Waals surface area contributed by atoms with E-state index in [-0.39, 0.29) is 0 Å². The van der Waals surface area contributed by atoms with Crippen LogP contribution < -0.4 is 15.2 Å². The fourth-order valence-electron chi connectivity index (χ4n) is 1.55. The molecule has 0 spiro atoms. The van der Waals surface area contributed by atoms with E-state index in [0.29, 0.717) is 5.75 Å². The topological polar surface area (TPSA) is 50.7 Å². The van der Waals surface area contributed by atoms with Crippen LogP contribution in [0.5, 0.6) is 11.5 Å². The van der Waals surface area contributed by atoms with Gasteiger partial charge >= 0.3 is 0 Å². The summed E-state index contributed by atoms with van der Waals surface area (Å²) in [6.07, 6.45) is 0. The molecule has 0 saturated carbocycles. The smallest absolute Gasteiger partial charge is 0.150 e. The van der Waals surface area contributed by atoms with E-state index in [9.17, 15) is 0 Å². The largest absolute Gasteiger partial charge is 0.497 e. The van der Waals surface area contributed by atoms with Gasteiger partial charge in [0.1, 0.15) is 11.5 Å². The highest BCUT2D eigenvalue weighted by atomic mass is 16.8. The first-order valence-corrected chi connectivity index (χ1v) is 5.14. The van der Waals surface area contributed by atoms with E-state index in [1.807, 2.05) is 36.4 Å². The Morgan fingerprint density at radius 2 is 1.29 bits per heavy atom. The molecule has 0 aliphatic heterocycles. The molecule has 0 amide bonds. The van der Waals surface area contributed by atoms with Crippen molar-refractivity contribution in [3.8, 4) is 22.6 Å². The molecule has 2 aromatic carbocycles. The Labute approximate surface area is 99.3 Å². The normalized spacial score (nSPS) is 10.0. The summed E-state index contributed by atoms with van der Waals surface area (Å²) in [4.78, 5) is 4.72. The fraction of sp³-hybridized carbons (Fsp3) is 0.0769. The standard InChI is InChI=1S/C13H13NO3/c1-16-12-6-2-10(3-7-12)11-4-8-13(9-5-11)17-14-15/h2-9,14-15H,1H3. The third kappa shape index (κ3) is 2.75. The van der Waals surface area contributed by atoms with Crippen molar-refractivity contribution in [1.82, 2.24) is 5.64 Å². The van der Waals surface area contributed by atoms with Gasteiger partial charge in [0.25, 0.3) is 0 Å². The molecule has 0 fully saturated rings. The average Bonchev–Trinajstić information content (AvgIpc) is 2.40. The summed E-state index contributed by atoms with van der Waals surface area (Å²) in [6.45, 7) is 0. The van der Waals surface area contributed by atoms with Crippen molar-refractivity contribution in [3.05, 3.63) is 48.5 Å². The molecule has 88 valence electrons. The lowest BCUT2D eigenvalue weighted by molar-refractivity contribution is -0.0435. The average molecular weight is 231 g/mol. The van der Waals surface area contributed by atoms with Crippen LogP contribution in [0.2, 0.25) is 0 Å². The lowest BCUT2D eigenvalue weighted by Crippen LogP contribution is -2.11. The molecule has 0 bridgehead atoms. The summed E-state index contributed by atoms with van der Waals surface area (Å²) in [5, 5.41) is 8.38. The minimum absolute atomic E-state index is 0.546. The maximum Gasteiger partial charge on any atom is 0.150 e. The van der Waals surface area contributed by atoms with E-state index in [2.05, 4.69) is 0 Å². The Balaban J connectivity index is 2.20. The number of rotatable bonds is 4. The Hall–Kier alpha value is -2.04. The van der Waals surface area contributed by atoms with Crippen LogP contribution in [0.3, 0.4) is 0 Å². The summed E-state index contributed by atoms with van der Waals surface area (Å²) < 4.78 is 5.10. The van der Waals surface area contributed by atoms with Gasteiger partial charge in [0, 0.05) is 0 Å². The molecule has 4 heteroatoms. The van der Waals surface area contributed by atoms with Crippen molar-refractivity contribution in [2.24, 2.45) is 0 Å². The Kier molecular flexibility index (Phi) is 3.59. The third-order valence-corrected chi connectivity index (χ3v) is 2.44. The molecule has 0 aromatic heterocycles. The van der Waals surface area contributed by atoms with Gasteiger partial charge in [-0.2, -0.15) is 0 Å². The lowest BCUT2D eigenvalue weighted by Gasteiger charge is -2.05. The van der Waals surface area contributed by atoms with E-state index in [1.54, 1.807) is 24.9 Å². The minimum atomic E-state index is 0.546. The summed E-state index contributed by atoms with van der Waals surface area (Å²) in [5.74, 6) is 1.38. The maximum atomic E-state index is 8.38. The Morgan fingerprint density at radius 3 is 1.71 bits per heavy atom. The number of nitrogens with one attached hydrogen (secondary N) is 1. The molecule has 0 radical (unpaired) electrons. The van der Waals surface area contributed by atoms with Gasteiger partial charge < -0.3 is 9.57 Å². The lowest BCUT2D eigenvalue weighted by atomic mass is 10.1. The first-order chi connectivity index (χ1) is 8.33. The van der Waals surface area contributed by atoms with Crippen LogP contribution >= 0.6 is 0 Å². The van der Waals surface area contributed by atoms with Crippen LogP contribution in [0.25, 0.3) is 11.1 Å². The van der Waals surface area contributed by atoms with E-state index in [4.69, 9.17) is 14.8 Å². The second kappa shape index (κ2) is 5.34. The number of ether oxygens (including phenoxy) is 1. The molecule has 0 aliphatic carbocycles. The van der Waals surface area contributed by atoms with Crippen molar-refractivity contribution < 1.29 is 14.8 Å². The third-order valence-electron chi connectivity index (χ3n) is 2.44. The van der Waals surface area contributed by atoms with E-state index in [0.717, 1.165) is 16.9 Å². The van der Waals surface area contributed by atoms with E-state index >= 15 is 0 Å². The van der Waals surface area contributed by atoms with Gasteiger partial charge in [0.2, 0.25) is 0 Å². The predicted octanol–water partition coefficient (Wildman–Crippen LogP) is 2.63. The zero-order chi connectivity index (χ0) is 12.1. The van der Waals surface area contributed by atoms with Crippen molar-refractivity contribution in [2.45, 2.75) is 0 Å². The van der Waals surface area contributed by atoms with Gasteiger partial charge in [-0.05, 0) is 41.0 Å². The molecule has 2 rings (SSSR count). The number of methoxy groups -OCH3 is 1. The highest BCUT2D eigenvalue weighted by Crippen LogP contribution is 2.24. The van der Waals surface area contributed by atoms with Gasteiger partial charge in [-0.15, -0.1) is 0 Å². The molecule has 0 heterocycles. The zero-order valence-corrected chi connectivity index (χ0v) is 9.38. The second-order valence-electron chi connectivity index (χ2n) is 3.45. The molecule has 4 nitrogen and oxygen atoms in total. The minimum Gasteiger partial charge on any atom is -0.497 e. The first-order valence-electron chi connectivity index (χ1n) is 5.14. The van der Waals surface area contributed by atoms with Crippen LogP contribution in [0, 0.1) is 0 Å². The first kappa shape index (κ1) is 11.4. The SMILES string of the molecule is COc1ccc(-c2ccc(ONO)cc2)cc1. The van der Waals surface area contributed by atoms with Crippen LogP contribution in [-0.2, 0) is 0 Å². The van der Waals surface area contributed by atoms with Crippen molar-refractivity contribution in [2.75, 3.05) is 7.11 Å².